The van der Waals surface area contributed by atoms with Gasteiger partial charge in [-0.2, -0.15) is 0 Å². The lowest BCUT2D eigenvalue weighted by molar-refractivity contribution is -0.131. The Bertz CT molecular complexity index is 411. The van der Waals surface area contributed by atoms with Gasteiger partial charge in [0.25, 0.3) is 5.91 Å². The van der Waals surface area contributed by atoms with Crippen LogP contribution < -0.4 is 5.32 Å². The largest absolute Gasteiger partial charge is 0.326 e. The van der Waals surface area contributed by atoms with Crippen molar-refractivity contribution in [2.24, 2.45) is 5.92 Å². The number of piperidine rings is 1. The minimum atomic E-state index is -0.315. The second-order valence-electron chi connectivity index (χ2n) is 6.70. The molecule has 0 saturated carbocycles. The van der Waals surface area contributed by atoms with E-state index in [4.69, 9.17) is 0 Å². The van der Waals surface area contributed by atoms with E-state index in [1.54, 1.807) is 0 Å². The molecule has 3 heterocycles. The summed E-state index contributed by atoms with van der Waals surface area (Å²) < 4.78 is 0. The molecule has 0 aromatic heterocycles. The van der Waals surface area contributed by atoms with Crippen LogP contribution in [0, 0.1) is 5.92 Å². The molecule has 3 amide bonds. The van der Waals surface area contributed by atoms with Crippen LogP contribution in [0.4, 0.5) is 4.79 Å². The van der Waals surface area contributed by atoms with Crippen LogP contribution in [0.2, 0.25) is 0 Å². The van der Waals surface area contributed by atoms with Crippen molar-refractivity contribution in [2.45, 2.75) is 70.1 Å². The Hall–Kier alpha value is -1.10. The van der Waals surface area contributed by atoms with Crippen molar-refractivity contribution in [3.05, 3.63) is 0 Å². The Morgan fingerprint density at radius 3 is 2.35 bits per heavy atom. The molecule has 3 aliphatic heterocycles. The number of urea groups is 1. The SMILES string of the molecule is CC[C@H](C)[C@@H]1NC(=O)N(C2CC3CCC(C2)N3C)C1=O. The first-order chi connectivity index (χ1) is 9.52. The van der Waals surface area contributed by atoms with Crippen LogP contribution in [0.1, 0.15) is 46.0 Å². The van der Waals surface area contributed by atoms with Gasteiger partial charge in [-0.05, 0) is 38.6 Å². The van der Waals surface area contributed by atoms with Crippen LogP contribution in [-0.4, -0.2) is 53.0 Å². The molecule has 0 radical (unpaired) electrons. The van der Waals surface area contributed by atoms with Gasteiger partial charge >= 0.3 is 6.03 Å². The van der Waals surface area contributed by atoms with Gasteiger partial charge in [0.2, 0.25) is 0 Å². The lowest BCUT2D eigenvalue weighted by atomic mass is 9.95. The van der Waals surface area contributed by atoms with Crippen molar-refractivity contribution in [2.75, 3.05) is 7.05 Å². The van der Waals surface area contributed by atoms with E-state index >= 15 is 0 Å². The van der Waals surface area contributed by atoms with Crippen molar-refractivity contribution in [1.29, 1.82) is 0 Å². The number of amides is 3. The lowest BCUT2D eigenvalue weighted by Gasteiger charge is -2.39. The third-order valence-electron chi connectivity index (χ3n) is 5.65. The monoisotopic (exact) mass is 279 g/mol. The Morgan fingerprint density at radius 1 is 1.20 bits per heavy atom. The summed E-state index contributed by atoms with van der Waals surface area (Å²) in [4.78, 5) is 28.7. The smallest absolute Gasteiger partial charge is 0.325 e. The summed E-state index contributed by atoms with van der Waals surface area (Å²) in [5.74, 6) is 0.206. The summed E-state index contributed by atoms with van der Waals surface area (Å²) in [6, 6.07) is 0.702. The fourth-order valence-corrected chi connectivity index (χ4v) is 4.07. The third-order valence-corrected chi connectivity index (χ3v) is 5.65. The fourth-order valence-electron chi connectivity index (χ4n) is 4.07. The van der Waals surface area contributed by atoms with Crippen molar-refractivity contribution >= 4 is 11.9 Å². The zero-order chi connectivity index (χ0) is 14.4. The first-order valence-corrected chi connectivity index (χ1v) is 7.88. The second kappa shape index (κ2) is 5.02. The van der Waals surface area contributed by atoms with Gasteiger partial charge < -0.3 is 10.2 Å². The van der Waals surface area contributed by atoms with Gasteiger partial charge in [0.05, 0.1) is 0 Å². The third kappa shape index (κ3) is 2.03. The van der Waals surface area contributed by atoms with Gasteiger partial charge in [-0.3, -0.25) is 9.69 Å². The minimum Gasteiger partial charge on any atom is -0.326 e. The molecule has 0 aliphatic carbocycles. The predicted molar refractivity (Wildman–Crippen MR) is 76.2 cm³/mol. The average molecular weight is 279 g/mol. The summed E-state index contributed by atoms with van der Waals surface area (Å²) >= 11 is 0. The topological polar surface area (TPSA) is 52.7 Å². The minimum absolute atomic E-state index is 0.00157. The summed E-state index contributed by atoms with van der Waals surface area (Å²) in [6.45, 7) is 4.09. The molecule has 3 rings (SSSR count). The normalized spacial score (nSPS) is 39.2. The van der Waals surface area contributed by atoms with E-state index in [9.17, 15) is 9.59 Å². The number of fused-ring (bicyclic) bond motifs is 2. The molecular formula is C15H25N3O2. The lowest BCUT2D eigenvalue weighted by Crippen LogP contribution is -2.51. The molecule has 5 heteroatoms. The van der Waals surface area contributed by atoms with Crippen molar-refractivity contribution in [3.8, 4) is 0 Å². The molecule has 0 aromatic carbocycles. The molecule has 4 atom stereocenters. The number of carbonyl (C=O) groups is 2. The van der Waals surface area contributed by atoms with Crippen molar-refractivity contribution in [1.82, 2.24) is 15.1 Å². The first-order valence-electron chi connectivity index (χ1n) is 7.88. The van der Waals surface area contributed by atoms with Gasteiger partial charge in [-0.1, -0.05) is 20.3 Å². The number of imide groups is 1. The molecule has 0 spiro atoms. The first kappa shape index (κ1) is 13.9. The molecule has 20 heavy (non-hydrogen) atoms. The molecule has 2 bridgehead atoms. The Labute approximate surface area is 120 Å². The number of nitrogens with zero attached hydrogens (tertiary/aromatic N) is 2. The molecule has 1 N–H and O–H groups in total. The average Bonchev–Trinajstić information content (AvgIpc) is 2.82. The summed E-state index contributed by atoms with van der Waals surface area (Å²) in [5, 5.41) is 2.89. The molecule has 0 aromatic rings. The highest BCUT2D eigenvalue weighted by Gasteiger charge is 2.48. The van der Waals surface area contributed by atoms with Gasteiger partial charge in [-0.15, -0.1) is 0 Å². The maximum absolute atomic E-state index is 12.6. The molecule has 3 fully saturated rings. The quantitative estimate of drug-likeness (QED) is 0.798. The molecular weight excluding hydrogens is 254 g/mol. The van der Waals surface area contributed by atoms with E-state index in [-0.39, 0.29) is 29.9 Å². The van der Waals surface area contributed by atoms with Crippen molar-refractivity contribution in [3.63, 3.8) is 0 Å². The van der Waals surface area contributed by atoms with Gasteiger partial charge in [0.1, 0.15) is 6.04 Å². The number of carbonyl (C=O) groups excluding carboxylic acids is 2. The van der Waals surface area contributed by atoms with E-state index in [1.165, 1.54) is 17.7 Å². The zero-order valence-corrected chi connectivity index (χ0v) is 12.6. The highest BCUT2D eigenvalue weighted by Crippen LogP contribution is 2.37. The fraction of sp³-hybridized carbons (Fsp3) is 0.867. The Morgan fingerprint density at radius 2 is 1.80 bits per heavy atom. The predicted octanol–water partition coefficient (Wildman–Crippen LogP) is 1.58. The van der Waals surface area contributed by atoms with Crippen LogP contribution >= 0.6 is 0 Å². The van der Waals surface area contributed by atoms with Crippen LogP contribution in [0.5, 0.6) is 0 Å². The number of nitrogens with one attached hydrogen (secondary N) is 1. The highest BCUT2D eigenvalue weighted by atomic mass is 16.2. The highest BCUT2D eigenvalue weighted by molar-refractivity contribution is 6.04. The molecule has 5 nitrogen and oxygen atoms in total. The Kier molecular flexibility index (Phi) is 3.48. The van der Waals surface area contributed by atoms with Gasteiger partial charge in [0.15, 0.2) is 0 Å². The molecule has 3 saturated heterocycles. The Balaban J connectivity index is 1.74. The standard InChI is InChI=1S/C15H25N3O2/c1-4-9(2)13-14(19)18(15(20)16-13)12-7-10-5-6-11(8-12)17(10)3/h9-13H,4-8H2,1-3H3,(H,16,20)/t9-,10?,11?,12?,13-/m0/s1. The summed E-state index contributed by atoms with van der Waals surface area (Å²) in [5.41, 5.74) is 0. The van der Waals surface area contributed by atoms with E-state index in [1.807, 2.05) is 6.92 Å². The summed E-state index contributed by atoms with van der Waals surface area (Å²) in [6.07, 6.45) is 5.20. The van der Waals surface area contributed by atoms with Gasteiger partial charge in [0, 0.05) is 18.1 Å². The molecule has 3 aliphatic rings. The van der Waals surface area contributed by atoms with Crippen LogP contribution in [0.15, 0.2) is 0 Å². The maximum atomic E-state index is 12.6. The van der Waals surface area contributed by atoms with E-state index in [0.717, 1.165) is 19.3 Å². The zero-order valence-electron chi connectivity index (χ0n) is 12.6. The van der Waals surface area contributed by atoms with Crippen LogP contribution in [0.3, 0.4) is 0 Å². The van der Waals surface area contributed by atoms with Crippen LogP contribution in [0.25, 0.3) is 0 Å². The van der Waals surface area contributed by atoms with E-state index in [0.29, 0.717) is 12.1 Å². The van der Waals surface area contributed by atoms with Crippen LogP contribution in [-0.2, 0) is 4.79 Å². The second-order valence-corrected chi connectivity index (χ2v) is 6.70. The van der Waals surface area contributed by atoms with Gasteiger partial charge in [-0.25, -0.2) is 4.79 Å². The molecule has 2 unspecified atom stereocenters. The number of rotatable bonds is 3. The number of hydrogen-bond donors (Lipinski definition) is 1. The summed E-state index contributed by atoms with van der Waals surface area (Å²) in [7, 11) is 2.17. The maximum Gasteiger partial charge on any atom is 0.325 e. The van der Waals surface area contributed by atoms with E-state index in [2.05, 4.69) is 24.2 Å². The number of hydrogen-bond acceptors (Lipinski definition) is 3. The van der Waals surface area contributed by atoms with E-state index < -0.39 is 0 Å². The van der Waals surface area contributed by atoms with Crippen molar-refractivity contribution < 1.29 is 9.59 Å². The molecule has 112 valence electrons.